The Morgan fingerprint density at radius 3 is 2.75 bits per heavy atom. The lowest BCUT2D eigenvalue weighted by Crippen LogP contribution is -2.36. The molecule has 110 valence electrons. The number of hydrogen-bond donors (Lipinski definition) is 2. The summed E-state index contributed by atoms with van der Waals surface area (Å²) in [6.45, 7) is 2.69. The van der Waals surface area contributed by atoms with Crippen LogP contribution < -0.4 is 10.7 Å². The molecule has 1 aliphatic carbocycles. The Bertz CT molecular complexity index is 530. The number of rotatable bonds is 4. The topological polar surface area (TPSA) is 71.3 Å². The van der Waals surface area contributed by atoms with Gasteiger partial charge in [-0.3, -0.25) is 9.59 Å². The van der Waals surface area contributed by atoms with Crippen molar-refractivity contribution in [2.45, 2.75) is 57.6 Å². The van der Waals surface area contributed by atoms with Crippen LogP contribution in [-0.4, -0.2) is 21.2 Å². The number of nitrogens with one attached hydrogen (secondary N) is 1. The lowest BCUT2D eigenvalue weighted by molar-refractivity contribution is -0.122. The third-order valence-corrected chi connectivity index (χ3v) is 3.89. The monoisotopic (exact) mass is 278 g/mol. The predicted molar refractivity (Wildman–Crippen MR) is 77.7 cm³/mol. The highest BCUT2D eigenvalue weighted by Crippen LogP contribution is 2.30. The second-order valence-corrected chi connectivity index (χ2v) is 5.56. The van der Waals surface area contributed by atoms with Crippen LogP contribution in [0.1, 0.15) is 45.4 Å². The maximum Gasteiger partial charge on any atom is 0.227 e. The van der Waals surface area contributed by atoms with E-state index in [0.29, 0.717) is 12.8 Å². The summed E-state index contributed by atoms with van der Waals surface area (Å²) >= 11 is 0. The van der Waals surface area contributed by atoms with E-state index in [1.54, 1.807) is 12.4 Å². The third kappa shape index (κ3) is 3.70. The van der Waals surface area contributed by atoms with Gasteiger partial charge in [-0.25, -0.2) is 0 Å². The normalized spacial score (nSPS) is 17.7. The molecular formula is C15H22N2O3. The van der Waals surface area contributed by atoms with E-state index in [9.17, 15) is 14.7 Å². The van der Waals surface area contributed by atoms with Gasteiger partial charge in [0.05, 0.1) is 12.0 Å². The van der Waals surface area contributed by atoms with Gasteiger partial charge >= 0.3 is 0 Å². The van der Waals surface area contributed by atoms with Gasteiger partial charge in [-0.15, -0.1) is 0 Å². The van der Waals surface area contributed by atoms with Crippen LogP contribution in [0.4, 0.5) is 5.69 Å². The number of amides is 1. The van der Waals surface area contributed by atoms with Gasteiger partial charge in [0, 0.05) is 25.0 Å². The van der Waals surface area contributed by atoms with Crippen molar-refractivity contribution in [2.75, 3.05) is 5.32 Å². The molecule has 0 radical (unpaired) electrons. The molecule has 1 aromatic heterocycles. The van der Waals surface area contributed by atoms with E-state index < -0.39 is 5.60 Å². The molecule has 2 rings (SSSR count). The summed E-state index contributed by atoms with van der Waals surface area (Å²) in [6, 6.07) is 1.44. The molecule has 0 saturated heterocycles. The summed E-state index contributed by atoms with van der Waals surface area (Å²) in [4.78, 5) is 23.7. The highest BCUT2D eigenvalue weighted by Gasteiger charge is 2.31. The summed E-state index contributed by atoms with van der Waals surface area (Å²) < 4.78 is 1.83. The van der Waals surface area contributed by atoms with Crippen LogP contribution in [0.5, 0.6) is 0 Å². The first-order valence-corrected chi connectivity index (χ1v) is 7.25. The van der Waals surface area contributed by atoms with Gasteiger partial charge in [-0.2, -0.15) is 0 Å². The smallest absolute Gasteiger partial charge is 0.227 e. The molecule has 0 unspecified atom stereocenters. The lowest BCUT2D eigenvalue weighted by atomic mass is 9.82. The van der Waals surface area contributed by atoms with E-state index in [2.05, 4.69) is 5.32 Å². The summed E-state index contributed by atoms with van der Waals surface area (Å²) in [5, 5.41) is 13.0. The van der Waals surface area contributed by atoms with Crippen molar-refractivity contribution < 1.29 is 9.90 Å². The molecule has 1 amide bonds. The van der Waals surface area contributed by atoms with Crippen LogP contribution in [0.25, 0.3) is 0 Å². The van der Waals surface area contributed by atoms with E-state index >= 15 is 0 Å². The maximum absolute atomic E-state index is 12.0. The zero-order valence-electron chi connectivity index (χ0n) is 11.9. The number of anilines is 1. The molecule has 5 nitrogen and oxygen atoms in total. The highest BCUT2D eigenvalue weighted by atomic mass is 16.3. The largest absolute Gasteiger partial charge is 0.389 e. The van der Waals surface area contributed by atoms with Gasteiger partial charge in [0.15, 0.2) is 0 Å². The maximum atomic E-state index is 12.0. The zero-order valence-corrected chi connectivity index (χ0v) is 11.9. The van der Waals surface area contributed by atoms with Crippen LogP contribution in [0.15, 0.2) is 23.3 Å². The average molecular weight is 278 g/mol. The molecule has 20 heavy (non-hydrogen) atoms. The SMILES string of the molecule is CCn1ccc(=O)c(NC(=O)CC2(O)CCCCC2)c1. The molecule has 0 aromatic carbocycles. The van der Waals surface area contributed by atoms with Crippen molar-refractivity contribution in [1.29, 1.82) is 0 Å². The summed E-state index contributed by atoms with van der Waals surface area (Å²) in [5.41, 5.74) is -0.835. The Morgan fingerprint density at radius 2 is 2.10 bits per heavy atom. The third-order valence-electron chi connectivity index (χ3n) is 3.89. The van der Waals surface area contributed by atoms with E-state index in [-0.39, 0.29) is 23.4 Å². The first kappa shape index (κ1) is 14.8. The molecule has 1 aromatic rings. The van der Waals surface area contributed by atoms with Crippen molar-refractivity contribution in [3.05, 3.63) is 28.7 Å². The minimum Gasteiger partial charge on any atom is -0.389 e. The summed E-state index contributed by atoms with van der Waals surface area (Å²) in [5.74, 6) is -0.291. The van der Waals surface area contributed by atoms with Crippen LogP contribution >= 0.6 is 0 Å². The molecule has 2 N–H and O–H groups in total. The number of carbonyl (C=O) groups is 1. The van der Waals surface area contributed by atoms with Crippen molar-refractivity contribution in [2.24, 2.45) is 0 Å². The van der Waals surface area contributed by atoms with Gasteiger partial charge in [-0.1, -0.05) is 19.3 Å². The quantitative estimate of drug-likeness (QED) is 0.883. The molecule has 1 fully saturated rings. The molecule has 0 bridgehead atoms. The second kappa shape index (κ2) is 6.22. The molecule has 0 atom stereocenters. The van der Waals surface area contributed by atoms with Crippen molar-refractivity contribution >= 4 is 11.6 Å². The lowest BCUT2D eigenvalue weighted by Gasteiger charge is -2.31. The molecule has 5 heteroatoms. The number of nitrogens with zero attached hydrogens (tertiary/aromatic N) is 1. The van der Waals surface area contributed by atoms with Crippen molar-refractivity contribution in [3.63, 3.8) is 0 Å². The number of pyridine rings is 1. The Morgan fingerprint density at radius 1 is 1.40 bits per heavy atom. The van der Waals surface area contributed by atoms with Crippen molar-refractivity contribution in [1.82, 2.24) is 4.57 Å². The number of aryl methyl sites for hydroxylation is 1. The Kier molecular flexibility index (Phi) is 4.60. The minimum absolute atomic E-state index is 0.0630. The Labute approximate surface area is 118 Å². The molecule has 0 aliphatic heterocycles. The molecule has 1 saturated carbocycles. The molecular weight excluding hydrogens is 256 g/mol. The molecule has 1 heterocycles. The van der Waals surface area contributed by atoms with Gasteiger partial charge in [0.2, 0.25) is 11.3 Å². The fraction of sp³-hybridized carbons (Fsp3) is 0.600. The van der Waals surface area contributed by atoms with Crippen LogP contribution in [0, 0.1) is 0 Å². The Hall–Kier alpha value is -1.62. The van der Waals surface area contributed by atoms with Crippen LogP contribution in [0.2, 0.25) is 0 Å². The molecule has 0 spiro atoms. The summed E-state index contributed by atoms with van der Waals surface area (Å²) in [6.07, 6.45) is 7.73. The van der Waals surface area contributed by atoms with Crippen LogP contribution in [-0.2, 0) is 11.3 Å². The van der Waals surface area contributed by atoms with Crippen LogP contribution in [0.3, 0.4) is 0 Å². The zero-order chi connectivity index (χ0) is 14.6. The van der Waals surface area contributed by atoms with E-state index in [1.807, 2.05) is 11.5 Å². The van der Waals surface area contributed by atoms with Crippen molar-refractivity contribution in [3.8, 4) is 0 Å². The fourth-order valence-corrected chi connectivity index (χ4v) is 2.70. The van der Waals surface area contributed by atoms with Gasteiger partial charge < -0.3 is 15.0 Å². The first-order valence-electron chi connectivity index (χ1n) is 7.25. The van der Waals surface area contributed by atoms with E-state index in [0.717, 1.165) is 25.8 Å². The first-order chi connectivity index (χ1) is 9.52. The highest BCUT2D eigenvalue weighted by molar-refractivity contribution is 5.91. The number of hydrogen-bond acceptors (Lipinski definition) is 3. The van der Waals surface area contributed by atoms with E-state index in [4.69, 9.17) is 0 Å². The summed E-state index contributed by atoms with van der Waals surface area (Å²) in [7, 11) is 0. The molecule has 1 aliphatic rings. The van der Waals surface area contributed by atoms with E-state index in [1.165, 1.54) is 6.07 Å². The average Bonchev–Trinajstić information content (AvgIpc) is 2.41. The number of aromatic nitrogens is 1. The number of carbonyl (C=O) groups excluding carboxylic acids is 1. The van der Waals surface area contributed by atoms with Gasteiger partial charge in [0.25, 0.3) is 0 Å². The predicted octanol–water partition coefficient (Wildman–Crippen LogP) is 1.89. The Balaban J connectivity index is 2.02. The number of aliphatic hydroxyl groups is 1. The standard InChI is InChI=1S/C15H22N2O3/c1-2-17-9-6-13(18)12(11-17)16-14(19)10-15(20)7-4-3-5-8-15/h6,9,11,20H,2-5,7-8,10H2,1H3,(H,16,19). The van der Waals surface area contributed by atoms with Gasteiger partial charge in [0.1, 0.15) is 5.69 Å². The second-order valence-electron chi connectivity index (χ2n) is 5.56. The van der Waals surface area contributed by atoms with Gasteiger partial charge in [-0.05, 0) is 19.8 Å². The minimum atomic E-state index is -0.902. The fourth-order valence-electron chi connectivity index (χ4n) is 2.70.